The van der Waals surface area contributed by atoms with Gasteiger partial charge in [0.05, 0.1) is 11.7 Å². The second kappa shape index (κ2) is 5.66. The maximum atomic E-state index is 10.8. The summed E-state index contributed by atoms with van der Waals surface area (Å²) in [5, 5.41) is 0. The van der Waals surface area contributed by atoms with E-state index in [9.17, 15) is 4.79 Å². The van der Waals surface area contributed by atoms with E-state index in [2.05, 4.69) is 0 Å². The monoisotopic (exact) mass is 220 g/mol. The van der Waals surface area contributed by atoms with Crippen LogP contribution in [0.2, 0.25) is 0 Å². The van der Waals surface area contributed by atoms with E-state index < -0.39 is 0 Å². The molecule has 1 unspecified atom stereocenters. The molecule has 3 nitrogen and oxygen atoms in total. The van der Waals surface area contributed by atoms with Gasteiger partial charge in [0.25, 0.3) is 0 Å². The highest BCUT2D eigenvalue weighted by atomic mass is 16.5. The molecule has 0 aromatic heterocycles. The zero-order valence-corrected chi connectivity index (χ0v) is 9.22. The molecule has 0 amide bonds. The average molecular weight is 220 g/mol. The number of benzene rings is 1. The molecular formula is C13H16O3. The highest BCUT2D eigenvalue weighted by Gasteiger charge is 2.14. The lowest BCUT2D eigenvalue weighted by atomic mass is 10.1. The van der Waals surface area contributed by atoms with Crippen molar-refractivity contribution in [1.82, 2.24) is 0 Å². The molecule has 0 bridgehead atoms. The van der Waals surface area contributed by atoms with Crippen molar-refractivity contribution in [1.29, 1.82) is 0 Å². The Labute approximate surface area is 95.4 Å². The molecule has 0 saturated carbocycles. The standard InChI is InChI=1S/C13H16O3/c14-9-11-5-1-2-7-13(11)16-10-12-6-3-4-8-15-12/h1-2,5,7,9,12H,3-4,6,8,10H2. The van der Waals surface area contributed by atoms with Crippen LogP contribution in [0, 0.1) is 0 Å². The van der Waals surface area contributed by atoms with Crippen LogP contribution in [0.5, 0.6) is 5.75 Å². The Morgan fingerprint density at radius 1 is 1.38 bits per heavy atom. The van der Waals surface area contributed by atoms with Gasteiger partial charge in [-0.3, -0.25) is 4.79 Å². The number of carbonyl (C=O) groups is 1. The fourth-order valence-electron chi connectivity index (χ4n) is 1.83. The van der Waals surface area contributed by atoms with Crippen LogP contribution < -0.4 is 4.74 Å². The first-order chi connectivity index (χ1) is 7.90. The van der Waals surface area contributed by atoms with Crippen LogP contribution in [0.15, 0.2) is 24.3 Å². The van der Waals surface area contributed by atoms with E-state index in [4.69, 9.17) is 9.47 Å². The van der Waals surface area contributed by atoms with Crippen molar-refractivity contribution in [2.75, 3.05) is 13.2 Å². The fourth-order valence-corrected chi connectivity index (χ4v) is 1.83. The molecule has 1 heterocycles. The van der Waals surface area contributed by atoms with Crippen molar-refractivity contribution < 1.29 is 14.3 Å². The minimum Gasteiger partial charge on any atom is -0.490 e. The third-order valence-corrected chi connectivity index (χ3v) is 2.74. The van der Waals surface area contributed by atoms with Crippen LogP contribution in [0.3, 0.4) is 0 Å². The van der Waals surface area contributed by atoms with Crippen molar-refractivity contribution >= 4 is 6.29 Å². The van der Waals surface area contributed by atoms with Crippen molar-refractivity contribution in [3.05, 3.63) is 29.8 Å². The molecule has 1 aromatic carbocycles. The number of hydrogen-bond acceptors (Lipinski definition) is 3. The molecule has 1 fully saturated rings. The molecule has 1 aliphatic rings. The lowest BCUT2D eigenvalue weighted by Gasteiger charge is -2.22. The molecule has 1 aromatic rings. The number of aldehydes is 1. The second-order valence-corrected chi connectivity index (χ2v) is 3.96. The third-order valence-electron chi connectivity index (χ3n) is 2.74. The summed E-state index contributed by atoms with van der Waals surface area (Å²) < 4.78 is 11.2. The van der Waals surface area contributed by atoms with Gasteiger partial charge < -0.3 is 9.47 Å². The Morgan fingerprint density at radius 3 is 3.00 bits per heavy atom. The van der Waals surface area contributed by atoms with Crippen LogP contribution in [0.4, 0.5) is 0 Å². The van der Waals surface area contributed by atoms with E-state index in [1.165, 1.54) is 6.42 Å². The van der Waals surface area contributed by atoms with Gasteiger partial charge in [0.1, 0.15) is 12.4 Å². The van der Waals surface area contributed by atoms with E-state index in [1.54, 1.807) is 6.07 Å². The number of hydrogen-bond donors (Lipinski definition) is 0. The Morgan fingerprint density at radius 2 is 2.25 bits per heavy atom. The topological polar surface area (TPSA) is 35.5 Å². The molecule has 2 rings (SSSR count). The lowest BCUT2D eigenvalue weighted by Crippen LogP contribution is -2.26. The quantitative estimate of drug-likeness (QED) is 0.731. The Balaban J connectivity index is 1.90. The van der Waals surface area contributed by atoms with Gasteiger partial charge in [-0.05, 0) is 31.4 Å². The molecular weight excluding hydrogens is 204 g/mol. The smallest absolute Gasteiger partial charge is 0.153 e. The van der Waals surface area contributed by atoms with Crippen molar-refractivity contribution in [2.45, 2.75) is 25.4 Å². The van der Waals surface area contributed by atoms with Crippen molar-refractivity contribution in [3.63, 3.8) is 0 Å². The van der Waals surface area contributed by atoms with E-state index in [1.807, 2.05) is 18.2 Å². The number of ether oxygens (including phenoxy) is 2. The van der Waals surface area contributed by atoms with E-state index in [0.717, 1.165) is 25.7 Å². The maximum Gasteiger partial charge on any atom is 0.153 e. The summed E-state index contributed by atoms with van der Waals surface area (Å²) in [6, 6.07) is 7.26. The van der Waals surface area contributed by atoms with Gasteiger partial charge in [0.15, 0.2) is 6.29 Å². The Kier molecular flexibility index (Phi) is 3.94. The third kappa shape index (κ3) is 2.83. The van der Waals surface area contributed by atoms with E-state index in [-0.39, 0.29) is 6.10 Å². The van der Waals surface area contributed by atoms with Gasteiger partial charge in [0.2, 0.25) is 0 Å². The molecule has 86 valence electrons. The van der Waals surface area contributed by atoms with Crippen LogP contribution in [-0.4, -0.2) is 25.6 Å². The van der Waals surface area contributed by atoms with Crippen LogP contribution in [0.1, 0.15) is 29.6 Å². The second-order valence-electron chi connectivity index (χ2n) is 3.96. The predicted octanol–water partition coefficient (Wildman–Crippen LogP) is 2.45. The largest absolute Gasteiger partial charge is 0.490 e. The minimum atomic E-state index is 0.174. The van der Waals surface area contributed by atoms with E-state index in [0.29, 0.717) is 17.9 Å². The number of para-hydroxylation sites is 1. The summed E-state index contributed by atoms with van der Waals surface area (Å²) >= 11 is 0. The summed E-state index contributed by atoms with van der Waals surface area (Å²) in [4.78, 5) is 10.8. The van der Waals surface area contributed by atoms with Crippen molar-refractivity contribution in [2.24, 2.45) is 0 Å². The summed E-state index contributed by atoms with van der Waals surface area (Å²) in [5.41, 5.74) is 0.596. The number of rotatable bonds is 4. The van der Waals surface area contributed by atoms with Gasteiger partial charge >= 0.3 is 0 Å². The van der Waals surface area contributed by atoms with Crippen LogP contribution in [0.25, 0.3) is 0 Å². The Hall–Kier alpha value is -1.35. The molecule has 1 atom stereocenters. The molecule has 0 N–H and O–H groups in total. The molecule has 0 radical (unpaired) electrons. The van der Waals surface area contributed by atoms with Gasteiger partial charge in [-0.25, -0.2) is 0 Å². The zero-order chi connectivity index (χ0) is 11.2. The van der Waals surface area contributed by atoms with Gasteiger partial charge in [0, 0.05) is 6.61 Å². The van der Waals surface area contributed by atoms with Crippen LogP contribution >= 0.6 is 0 Å². The summed E-state index contributed by atoms with van der Waals surface area (Å²) in [7, 11) is 0. The lowest BCUT2D eigenvalue weighted by molar-refractivity contribution is -0.0111. The van der Waals surface area contributed by atoms with Gasteiger partial charge in [-0.15, -0.1) is 0 Å². The van der Waals surface area contributed by atoms with E-state index >= 15 is 0 Å². The zero-order valence-electron chi connectivity index (χ0n) is 9.22. The maximum absolute atomic E-state index is 10.8. The first-order valence-electron chi connectivity index (χ1n) is 5.69. The molecule has 1 aliphatic heterocycles. The Bertz CT molecular complexity index is 343. The highest BCUT2D eigenvalue weighted by molar-refractivity contribution is 5.79. The summed E-state index contributed by atoms with van der Waals surface area (Å²) in [6.07, 6.45) is 4.37. The molecule has 16 heavy (non-hydrogen) atoms. The summed E-state index contributed by atoms with van der Waals surface area (Å²) in [5.74, 6) is 0.645. The predicted molar refractivity (Wildman–Crippen MR) is 60.9 cm³/mol. The first kappa shape index (κ1) is 11.1. The van der Waals surface area contributed by atoms with Crippen molar-refractivity contribution in [3.8, 4) is 5.75 Å². The molecule has 0 spiro atoms. The highest BCUT2D eigenvalue weighted by Crippen LogP contribution is 2.18. The molecule has 3 heteroatoms. The van der Waals surface area contributed by atoms with Gasteiger partial charge in [-0.1, -0.05) is 12.1 Å². The fraction of sp³-hybridized carbons (Fsp3) is 0.462. The summed E-state index contributed by atoms with van der Waals surface area (Å²) in [6.45, 7) is 1.36. The minimum absolute atomic E-state index is 0.174. The number of carbonyl (C=O) groups excluding carboxylic acids is 1. The SMILES string of the molecule is O=Cc1ccccc1OCC1CCCCO1. The van der Waals surface area contributed by atoms with Gasteiger partial charge in [-0.2, -0.15) is 0 Å². The first-order valence-corrected chi connectivity index (χ1v) is 5.69. The molecule has 0 aliphatic carbocycles. The normalized spacial score (nSPS) is 20.4. The molecule has 1 saturated heterocycles. The average Bonchev–Trinajstić information content (AvgIpc) is 2.38. The van der Waals surface area contributed by atoms with Crippen LogP contribution in [-0.2, 0) is 4.74 Å².